The quantitative estimate of drug-likeness (QED) is 0.250. The van der Waals surface area contributed by atoms with Gasteiger partial charge in [-0.05, 0) is 23.3 Å². The van der Waals surface area contributed by atoms with Gasteiger partial charge < -0.3 is 9.84 Å². The van der Waals surface area contributed by atoms with E-state index in [1.54, 1.807) is 12.1 Å². The lowest BCUT2D eigenvalue weighted by atomic mass is 9.76. The highest BCUT2D eigenvalue weighted by Crippen LogP contribution is 2.47. The van der Waals surface area contributed by atoms with Crippen LogP contribution < -0.4 is 10.6 Å². The van der Waals surface area contributed by atoms with E-state index in [2.05, 4.69) is 15.4 Å². The summed E-state index contributed by atoms with van der Waals surface area (Å²) in [5, 5.41) is 26.4. The smallest absolute Gasteiger partial charge is 0.337 e. The van der Waals surface area contributed by atoms with Crippen LogP contribution in [-0.2, 0) is 25.5 Å². The van der Waals surface area contributed by atoms with Gasteiger partial charge in [-0.25, -0.2) is 4.79 Å². The van der Waals surface area contributed by atoms with Crippen molar-refractivity contribution in [1.82, 2.24) is 10.6 Å². The van der Waals surface area contributed by atoms with Crippen molar-refractivity contribution in [2.75, 3.05) is 7.11 Å². The van der Waals surface area contributed by atoms with E-state index in [0.29, 0.717) is 11.1 Å². The summed E-state index contributed by atoms with van der Waals surface area (Å²) in [6, 6.07) is 10.6. The molecule has 2 aliphatic rings. The summed E-state index contributed by atoms with van der Waals surface area (Å²) in [5.74, 6) is -5.36. The number of hydrogen-bond acceptors (Lipinski definition) is 8. The zero-order valence-electron chi connectivity index (χ0n) is 17.3. The number of non-ortho nitro benzene ring substituents is 1. The Balaban J connectivity index is 1.74. The average Bonchev–Trinajstić information content (AvgIpc) is 3.30. The molecule has 11 heteroatoms. The van der Waals surface area contributed by atoms with Gasteiger partial charge in [0.05, 0.1) is 29.4 Å². The lowest BCUT2D eigenvalue weighted by Gasteiger charge is -2.30. The number of nitro benzene ring substituents is 1. The van der Waals surface area contributed by atoms with Crippen LogP contribution in [0.4, 0.5) is 5.69 Å². The molecule has 2 aromatic rings. The van der Waals surface area contributed by atoms with E-state index in [1.807, 2.05) is 0 Å². The molecule has 2 heterocycles. The van der Waals surface area contributed by atoms with Crippen LogP contribution in [0.1, 0.15) is 27.5 Å². The molecule has 0 saturated carbocycles. The number of carbonyl (C=O) groups excluding carboxylic acids is 3. The van der Waals surface area contributed by atoms with Crippen molar-refractivity contribution in [3.8, 4) is 0 Å². The molecular weight excluding hydrogens is 434 g/mol. The second kappa shape index (κ2) is 8.10. The number of nitrogens with one attached hydrogen (secondary N) is 2. The van der Waals surface area contributed by atoms with E-state index in [1.165, 1.54) is 43.5 Å². The number of methoxy groups -OCH3 is 1. The van der Waals surface area contributed by atoms with Crippen LogP contribution in [0.5, 0.6) is 0 Å². The Morgan fingerprint density at radius 1 is 1.09 bits per heavy atom. The number of benzene rings is 2. The van der Waals surface area contributed by atoms with Gasteiger partial charge in [-0.15, -0.1) is 0 Å². The minimum absolute atomic E-state index is 0.155. The highest BCUT2D eigenvalue weighted by Gasteiger charge is 2.66. The minimum Gasteiger partial charge on any atom is -0.480 e. The topological polar surface area (TPSA) is 165 Å². The molecule has 4 atom stereocenters. The van der Waals surface area contributed by atoms with Gasteiger partial charge in [-0.1, -0.05) is 24.3 Å². The van der Waals surface area contributed by atoms with Gasteiger partial charge in [-0.3, -0.25) is 35.1 Å². The van der Waals surface area contributed by atoms with Crippen LogP contribution in [0, 0.1) is 22.0 Å². The van der Waals surface area contributed by atoms with Crippen molar-refractivity contribution >= 4 is 29.4 Å². The number of imide groups is 1. The molecule has 3 N–H and O–H groups in total. The molecule has 0 bridgehead atoms. The number of carboxylic acid groups (broad SMARTS) is 1. The molecule has 0 spiro atoms. The number of carboxylic acids is 1. The second-order valence-corrected chi connectivity index (χ2v) is 7.97. The summed E-state index contributed by atoms with van der Waals surface area (Å²) in [5.41, 5.74) is -0.740. The van der Waals surface area contributed by atoms with Gasteiger partial charge >= 0.3 is 11.9 Å². The van der Waals surface area contributed by atoms with E-state index in [-0.39, 0.29) is 17.7 Å². The molecule has 11 nitrogen and oxygen atoms in total. The molecule has 2 aliphatic heterocycles. The molecule has 2 saturated heterocycles. The highest BCUT2D eigenvalue weighted by atomic mass is 16.6. The van der Waals surface area contributed by atoms with E-state index in [4.69, 9.17) is 0 Å². The predicted octanol–water partition coefficient (Wildman–Crippen LogP) is 0.981. The van der Waals surface area contributed by atoms with Crippen molar-refractivity contribution in [3.05, 3.63) is 75.3 Å². The maximum atomic E-state index is 12.7. The van der Waals surface area contributed by atoms with Crippen LogP contribution in [0.25, 0.3) is 0 Å². The first-order chi connectivity index (χ1) is 15.7. The first-order valence-electron chi connectivity index (χ1n) is 9.95. The molecular formula is C22H19N3O8. The summed E-state index contributed by atoms with van der Waals surface area (Å²) in [6.45, 7) is 0. The molecule has 2 fully saturated rings. The Morgan fingerprint density at radius 2 is 1.73 bits per heavy atom. The SMILES string of the molecule is COC(=O)c1ccc(C2NC(Cc3ccc([N+](=O)[O-])cc3)(C(=O)O)C3C(=O)NC(=O)C23)cc1. The van der Waals surface area contributed by atoms with Gasteiger partial charge in [0.15, 0.2) is 0 Å². The normalized spacial score (nSPS) is 25.9. The van der Waals surface area contributed by atoms with E-state index in [0.717, 1.165) is 0 Å². The maximum absolute atomic E-state index is 12.7. The zero-order chi connectivity index (χ0) is 23.9. The first-order valence-corrected chi connectivity index (χ1v) is 9.95. The van der Waals surface area contributed by atoms with Gasteiger partial charge in [0.25, 0.3) is 5.69 Å². The number of rotatable bonds is 6. The van der Waals surface area contributed by atoms with Crippen LogP contribution in [0.2, 0.25) is 0 Å². The van der Waals surface area contributed by atoms with E-state index in [9.17, 15) is 34.4 Å². The number of esters is 1. The number of nitrogens with zero attached hydrogens (tertiary/aromatic N) is 1. The van der Waals surface area contributed by atoms with Crippen LogP contribution >= 0.6 is 0 Å². The number of amides is 2. The largest absolute Gasteiger partial charge is 0.480 e. The number of nitro groups is 1. The molecule has 2 amide bonds. The predicted molar refractivity (Wildman–Crippen MR) is 111 cm³/mol. The molecule has 33 heavy (non-hydrogen) atoms. The van der Waals surface area contributed by atoms with Gasteiger partial charge in [0.2, 0.25) is 11.8 Å². The maximum Gasteiger partial charge on any atom is 0.337 e. The minimum atomic E-state index is -1.83. The lowest BCUT2D eigenvalue weighted by Crippen LogP contribution is -2.57. The summed E-state index contributed by atoms with van der Waals surface area (Å²) in [7, 11) is 1.24. The summed E-state index contributed by atoms with van der Waals surface area (Å²) in [4.78, 5) is 59.9. The Morgan fingerprint density at radius 3 is 2.27 bits per heavy atom. The molecule has 2 aromatic carbocycles. The third-order valence-corrected chi connectivity index (χ3v) is 6.20. The molecule has 0 aliphatic carbocycles. The van der Waals surface area contributed by atoms with Gasteiger partial charge in [0, 0.05) is 24.6 Å². The highest BCUT2D eigenvalue weighted by molar-refractivity contribution is 6.09. The average molecular weight is 453 g/mol. The molecule has 4 rings (SSSR count). The fourth-order valence-corrected chi connectivity index (χ4v) is 4.65. The molecule has 0 radical (unpaired) electrons. The fraction of sp³-hybridized carbons (Fsp3) is 0.273. The second-order valence-electron chi connectivity index (χ2n) is 7.97. The van der Waals surface area contributed by atoms with Crippen LogP contribution in [0.3, 0.4) is 0 Å². The molecule has 0 aromatic heterocycles. The van der Waals surface area contributed by atoms with Crippen molar-refractivity contribution in [1.29, 1.82) is 0 Å². The van der Waals surface area contributed by atoms with Crippen molar-refractivity contribution in [2.45, 2.75) is 18.0 Å². The standard InChI is InChI=1S/C22H19N3O8/c1-33-20(28)13-6-4-12(5-7-13)17-15-16(19(27)23-18(15)26)22(24-17,21(29)30)10-11-2-8-14(9-3-11)25(31)32/h2-9,15-17,24H,10H2,1H3,(H,29,30)(H,23,26,27). The monoisotopic (exact) mass is 453 g/mol. The van der Waals surface area contributed by atoms with Crippen molar-refractivity contribution in [2.24, 2.45) is 11.8 Å². The zero-order valence-corrected chi connectivity index (χ0v) is 17.3. The van der Waals surface area contributed by atoms with E-state index < -0.39 is 52.1 Å². The number of aliphatic carboxylic acids is 1. The van der Waals surface area contributed by atoms with Crippen molar-refractivity contribution in [3.63, 3.8) is 0 Å². The Labute approximate surface area is 186 Å². The fourth-order valence-electron chi connectivity index (χ4n) is 4.65. The first kappa shape index (κ1) is 22.1. The Hall–Kier alpha value is -4.12. The van der Waals surface area contributed by atoms with E-state index >= 15 is 0 Å². The lowest BCUT2D eigenvalue weighted by molar-refractivity contribution is -0.384. The number of fused-ring (bicyclic) bond motifs is 1. The summed E-state index contributed by atoms with van der Waals surface area (Å²) < 4.78 is 4.67. The van der Waals surface area contributed by atoms with Gasteiger partial charge in [-0.2, -0.15) is 0 Å². The number of ether oxygens (including phenoxy) is 1. The Kier molecular flexibility index (Phi) is 5.42. The number of hydrogen-bond donors (Lipinski definition) is 3. The van der Waals surface area contributed by atoms with Crippen LogP contribution in [-0.4, -0.2) is 46.4 Å². The molecule has 4 unspecified atom stereocenters. The van der Waals surface area contributed by atoms with Crippen molar-refractivity contribution < 1.29 is 33.9 Å². The molecule has 170 valence electrons. The third kappa shape index (κ3) is 3.61. The summed E-state index contributed by atoms with van der Waals surface area (Å²) >= 11 is 0. The summed E-state index contributed by atoms with van der Waals surface area (Å²) in [6.07, 6.45) is -0.182. The Bertz CT molecular complexity index is 1160. The number of carbonyl (C=O) groups is 4. The van der Waals surface area contributed by atoms with Gasteiger partial charge in [0.1, 0.15) is 5.54 Å². The van der Waals surface area contributed by atoms with Crippen LogP contribution in [0.15, 0.2) is 48.5 Å². The third-order valence-electron chi connectivity index (χ3n) is 6.20.